The van der Waals surface area contributed by atoms with E-state index in [1.807, 2.05) is 37.4 Å². The van der Waals surface area contributed by atoms with Crippen LogP contribution in [0.1, 0.15) is 5.82 Å². The highest BCUT2D eigenvalue weighted by Gasteiger charge is 2.12. The zero-order valence-electron chi connectivity index (χ0n) is 9.87. The number of hydrogen-bond donors (Lipinski definition) is 0. The van der Waals surface area contributed by atoms with Crippen molar-refractivity contribution in [2.75, 3.05) is 0 Å². The van der Waals surface area contributed by atoms with Crippen LogP contribution < -0.4 is 0 Å². The van der Waals surface area contributed by atoms with E-state index in [1.54, 1.807) is 18.7 Å². The van der Waals surface area contributed by atoms with Crippen LogP contribution in [0.15, 0.2) is 53.5 Å². The molecule has 0 atom stereocenters. The van der Waals surface area contributed by atoms with Crippen LogP contribution >= 0.6 is 0 Å². The third kappa shape index (κ3) is 1.88. The lowest BCUT2D eigenvalue weighted by atomic mass is 10.1. The lowest BCUT2D eigenvalue weighted by molar-refractivity contribution is 0.579. The van der Waals surface area contributed by atoms with Gasteiger partial charge in [-0.15, -0.1) is 0 Å². The van der Waals surface area contributed by atoms with Crippen molar-refractivity contribution in [3.05, 3.63) is 54.9 Å². The summed E-state index contributed by atoms with van der Waals surface area (Å²) in [5.41, 5.74) is 2.77. The van der Waals surface area contributed by atoms with E-state index >= 15 is 0 Å². The maximum absolute atomic E-state index is 5.43. The lowest BCUT2D eigenvalue weighted by Crippen LogP contribution is -1.94. The number of hydrogen-bond acceptors (Lipinski definition) is 4. The predicted octanol–water partition coefficient (Wildman–Crippen LogP) is 3.11. The van der Waals surface area contributed by atoms with E-state index in [9.17, 15) is 0 Å². The number of aryl methyl sites for hydroxylation is 1. The molecule has 0 aliphatic carbocycles. The first-order chi connectivity index (χ1) is 8.84. The summed E-state index contributed by atoms with van der Waals surface area (Å²) in [6.07, 6.45) is 6.96. The number of rotatable bonds is 2. The summed E-state index contributed by atoms with van der Waals surface area (Å²) in [5.74, 6) is 1.46. The van der Waals surface area contributed by atoms with Gasteiger partial charge < -0.3 is 4.42 Å². The van der Waals surface area contributed by atoms with Gasteiger partial charge in [-0.25, -0.2) is 9.97 Å². The minimum Gasteiger partial charge on any atom is -0.463 e. The Hall–Kier alpha value is -2.49. The van der Waals surface area contributed by atoms with Crippen LogP contribution in [0.3, 0.4) is 0 Å². The van der Waals surface area contributed by atoms with E-state index in [4.69, 9.17) is 4.42 Å². The molecule has 0 fully saturated rings. The molecule has 0 saturated carbocycles. The van der Waals surface area contributed by atoms with Gasteiger partial charge in [-0.2, -0.15) is 0 Å². The fourth-order valence-corrected chi connectivity index (χ4v) is 1.81. The third-order valence-electron chi connectivity index (χ3n) is 2.66. The Bertz CT molecular complexity index is 648. The number of aromatic nitrogens is 3. The van der Waals surface area contributed by atoms with Gasteiger partial charge in [-0.05, 0) is 36.8 Å². The van der Waals surface area contributed by atoms with Gasteiger partial charge in [0.15, 0.2) is 5.76 Å². The molecule has 3 aromatic rings. The molecule has 0 aromatic carbocycles. The van der Waals surface area contributed by atoms with Crippen LogP contribution in [0.25, 0.3) is 22.6 Å². The fourth-order valence-electron chi connectivity index (χ4n) is 1.81. The second kappa shape index (κ2) is 4.41. The molecule has 88 valence electrons. The SMILES string of the molecule is Cc1ncc(-c2ccncc2)c(-c2ccco2)n1. The molecule has 0 amide bonds. The lowest BCUT2D eigenvalue weighted by Gasteiger charge is -2.06. The Kier molecular flexibility index (Phi) is 2.61. The number of pyridine rings is 1. The molecule has 4 heteroatoms. The summed E-state index contributed by atoms with van der Waals surface area (Å²) >= 11 is 0. The first-order valence-electron chi connectivity index (χ1n) is 5.62. The molecule has 3 heterocycles. The van der Waals surface area contributed by atoms with Gasteiger partial charge in [0, 0.05) is 24.2 Å². The van der Waals surface area contributed by atoms with Crippen molar-refractivity contribution in [3.63, 3.8) is 0 Å². The van der Waals surface area contributed by atoms with Gasteiger partial charge in [0.05, 0.1) is 6.26 Å². The smallest absolute Gasteiger partial charge is 0.153 e. The Balaban J connectivity index is 2.21. The van der Waals surface area contributed by atoms with Crippen molar-refractivity contribution in [1.82, 2.24) is 15.0 Å². The average Bonchev–Trinajstić information content (AvgIpc) is 2.93. The maximum Gasteiger partial charge on any atom is 0.153 e. The van der Waals surface area contributed by atoms with Gasteiger partial charge in [0.1, 0.15) is 11.5 Å². The van der Waals surface area contributed by atoms with Crippen LogP contribution in [0.4, 0.5) is 0 Å². The molecular formula is C14H11N3O. The highest BCUT2D eigenvalue weighted by Crippen LogP contribution is 2.29. The third-order valence-corrected chi connectivity index (χ3v) is 2.66. The van der Waals surface area contributed by atoms with Gasteiger partial charge in [0.25, 0.3) is 0 Å². The predicted molar refractivity (Wildman–Crippen MR) is 67.7 cm³/mol. The van der Waals surface area contributed by atoms with Crippen LogP contribution in [0, 0.1) is 6.92 Å². The Labute approximate surface area is 104 Å². The minimum absolute atomic E-state index is 0.721. The van der Waals surface area contributed by atoms with E-state index in [0.29, 0.717) is 0 Å². The normalized spacial score (nSPS) is 10.5. The van der Waals surface area contributed by atoms with E-state index in [0.717, 1.165) is 28.4 Å². The standard InChI is InChI=1S/C14H11N3O/c1-10-16-9-12(11-4-6-15-7-5-11)14(17-10)13-3-2-8-18-13/h2-9H,1H3. The first kappa shape index (κ1) is 10.7. The Morgan fingerprint density at radius 2 is 1.94 bits per heavy atom. The van der Waals surface area contributed by atoms with Crippen LogP contribution in [0.5, 0.6) is 0 Å². The van der Waals surface area contributed by atoms with E-state index in [2.05, 4.69) is 15.0 Å². The molecule has 0 bridgehead atoms. The number of nitrogens with zero attached hydrogens (tertiary/aromatic N) is 3. The van der Waals surface area contributed by atoms with Crippen LogP contribution in [-0.4, -0.2) is 15.0 Å². The zero-order chi connectivity index (χ0) is 12.4. The maximum atomic E-state index is 5.43. The zero-order valence-corrected chi connectivity index (χ0v) is 9.87. The second-order valence-corrected chi connectivity index (χ2v) is 3.89. The van der Waals surface area contributed by atoms with Gasteiger partial charge >= 0.3 is 0 Å². The highest BCUT2D eigenvalue weighted by atomic mass is 16.3. The van der Waals surface area contributed by atoms with Crippen molar-refractivity contribution in [3.8, 4) is 22.6 Å². The summed E-state index contributed by atoms with van der Waals surface area (Å²) in [6, 6.07) is 7.61. The van der Waals surface area contributed by atoms with Crippen molar-refractivity contribution in [1.29, 1.82) is 0 Å². The molecule has 0 saturated heterocycles. The molecule has 3 aromatic heterocycles. The van der Waals surface area contributed by atoms with Crippen LogP contribution in [0.2, 0.25) is 0 Å². The summed E-state index contributed by atoms with van der Waals surface area (Å²) in [7, 11) is 0. The molecule has 4 nitrogen and oxygen atoms in total. The van der Waals surface area contributed by atoms with Crippen LogP contribution in [-0.2, 0) is 0 Å². The molecule has 0 radical (unpaired) electrons. The largest absolute Gasteiger partial charge is 0.463 e. The molecular weight excluding hydrogens is 226 g/mol. The fraction of sp³-hybridized carbons (Fsp3) is 0.0714. The van der Waals surface area contributed by atoms with Crippen molar-refractivity contribution < 1.29 is 4.42 Å². The van der Waals surface area contributed by atoms with E-state index in [-0.39, 0.29) is 0 Å². The summed E-state index contributed by atoms with van der Waals surface area (Å²) in [5, 5.41) is 0. The van der Waals surface area contributed by atoms with Gasteiger partial charge in [0.2, 0.25) is 0 Å². The van der Waals surface area contributed by atoms with Gasteiger partial charge in [-0.1, -0.05) is 0 Å². The average molecular weight is 237 g/mol. The van der Waals surface area contributed by atoms with E-state index in [1.165, 1.54) is 0 Å². The quantitative estimate of drug-likeness (QED) is 0.687. The monoisotopic (exact) mass is 237 g/mol. The summed E-state index contributed by atoms with van der Waals surface area (Å²) in [4.78, 5) is 12.7. The Morgan fingerprint density at radius 1 is 1.11 bits per heavy atom. The molecule has 0 unspecified atom stereocenters. The van der Waals surface area contributed by atoms with Crippen molar-refractivity contribution in [2.24, 2.45) is 0 Å². The van der Waals surface area contributed by atoms with E-state index < -0.39 is 0 Å². The second-order valence-electron chi connectivity index (χ2n) is 3.89. The molecule has 0 aliphatic heterocycles. The molecule has 18 heavy (non-hydrogen) atoms. The molecule has 3 rings (SSSR count). The molecule has 0 N–H and O–H groups in total. The first-order valence-corrected chi connectivity index (χ1v) is 5.62. The van der Waals surface area contributed by atoms with Crippen molar-refractivity contribution in [2.45, 2.75) is 6.92 Å². The minimum atomic E-state index is 0.721. The molecule has 0 spiro atoms. The van der Waals surface area contributed by atoms with Gasteiger partial charge in [-0.3, -0.25) is 4.98 Å². The van der Waals surface area contributed by atoms with Crippen molar-refractivity contribution >= 4 is 0 Å². The topological polar surface area (TPSA) is 51.8 Å². The highest BCUT2D eigenvalue weighted by molar-refractivity contribution is 5.77. The number of furan rings is 1. The molecule has 0 aliphatic rings. The Morgan fingerprint density at radius 3 is 2.67 bits per heavy atom. The summed E-state index contributed by atoms with van der Waals surface area (Å²) < 4.78 is 5.43. The summed E-state index contributed by atoms with van der Waals surface area (Å²) in [6.45, 7) is 1.86.